The van der Waals surface area contributed by atoms with Gasteiger partial charge < -0.3 is 15.0 Å². The van der Waals surface area contributed by atoms with Crippen LogP contribution in [-0.4, -0.2) is 60.9 Å². The number of ether oxygens (including phenoxy) is 1. The van der Waals surface area contributed by atoms with E-state index in [0.29, 0.717) is 26.2 Å². The van der Waals surface area contributed by atoms with E-state index in [4.69, 9.17) is 4.74 Å². The van der Waals surface area contributed by atoms with Gasteiger partial charge in [0.05, 0.1) is 12.1 Å². The lowest BCUT2D eigenvalue weighted by atomic mass is 10.1. The molecule has 2 aromatic carbocycles. The van der Waals surface area contributed by atoms with Crippen molar-refractivity contribution in [2.75, 3.05) is 44.6 Å². The van der Waals surface area contributed by atoms with Crippen LogP contribution in [0.2, 0.25) is 0 Å². The number of rotatable bonds is 7. The first kappa shape index (κ1) is 23.6. The molecule has 1 fully saturated rings. The molecule has 32 heavy (non-hydrogen) atoms. The van der Waals surface area contributed by atoms with Crippen molar-refractivity contribution >= 4 is 17.5 Å². The number of benzene rings is 2. The minimum atomic E-state index is -4.47. The van der Waals surface area contributed by atoms with Crippen LogP contribution in [0.15, 0.2) is 48.5 Å². The van der Waals surface area contributed by atoms with Crippen LogP contribution < -0.4 is 10.1 Å². The van der Waals surface area contributed by atoms with E-state index < -0.39 is 11.7 Å². The molecule has 172 valence electrons. The molecule has 0 atom stereocenters. The number of halogens is 3. The number of aryl methyl sites for hydroxylation is 1. The molecule has 0 unspecified atom stereocenters. The van der Waals surface area contributed by atoms with Crippen LogP contribution in [0.25, 0.3) is 0 Å². The van der Waals surface area contributed by atoms with Crippen molar-refractivity contribution in [3.63, 3.8) is 0 Å². The van der Waals surface area contributed by atoms with Crippen LogP contribution >= 0.6 is 0 Å². The van der Waals surface area contributed by atoms with Crippen molar-refractivity contribution in [1.29, 1.82) is 0 Å². The summed E-state index contributed by atoms with van der Waals surface area (Å²) in [5.74, 6) is -0.419. The van der Waals surface area contributed by atoms with Crippen LogP contribution in [0.1, 0.15) is 18.1 Å². The lowest BCUT2D eigenvalue weighted by Crippen LogP contribution is -2.51. The fraction of sp³-hybridized carbons (Fsp3) is 0.391. The van der Waals surface area contributed by atoms with E-state index in [-0.39, 0.29) is 30.7 Å². The average molecular weight is 449 g/mol. The average Bonchev–Trinajstić information content (AvgIpc) is 2.78. The number of carbonyl (C=O) groups is 2. The summed E-state index contributed by atoms with van der Waals surface area (Å²) in [6.07, 6.45) is -3.65. The molecule has 1 saturated heterocycles. The maximum Gasteiger partial charge on any atom is 0.416 e. The number of nitrogens with one attached hydrogen (secondary N) is 1. The lowest BCUT2D eigenvalue weighted by Gasteiger charge is -2.34. The summed E-state index contributed by atoms with van der Waals surface area (Å²) in [6.45, 7) is 3.80. The van der Waals surface area contributed by atoms with Gasteiger partial charge in [0.15, 0.2) is 6.61 Å². The van der Waals surface area contributed by atoms with Crippen LogP contribution in [0.4, 0.5) is 18.9 Å². The number of hydrogen-bond donors (Lipinski definition) is 1. The van der Waals surface area contributed by atoms with E-state index in [0.717, 1.165) is 29.8 Å². The van der Waals surface area contributed by atoms with Gasteiger partial charge in [-0.3, -0.25) is 14.5 Å². The monoisotopic (exact) mass is 449 g/mol. The van der Waals surface area contributed by atoms with Gasteiger partial charge in [0.2, 0.25) is 5.91 Å². The quantitative estimate of drug-likeness (QED) is 0.704. The second-order valence-corrected chi connectivity index (χ2v) is 7.53. The minimum Gasteiger partial charge on any atom is -0.484 e. The highest BCUT2D eigenvalue weighted by Crippen LogP contribution is 2.31. The predicted molar refractivity (Wildman–Crippen MR) is 114 cm³/mol. The van der Waals surface area contributed by atoms with Gasteiger partial charge in [-0.05, 0) is 36.2 Å². The van der Waals surface area contributed by atoms with Crippen molar-refractivity contribution in [2.24, 2.45) is 0 Å². The molecule has 9 heteroatoms. The number of anilines is 1. The van der Waals surface area contributed by atoms with Gasteiger partial charge in [0.1, 0.15) is 5.75 Å². The topological polar surface area (TPSA) is 61.9 Å². The van der Waals surface area contributed by atoms with Gasteiger partial charge in [-0.1, -0.05) is 31.2 Å². The number of nitrogens with zero attached hydrogens (tertiary/aromatic N) is 2. The Labute approximate surface area is 184 Å². The van der Waals surface area contributed by atoms with E-state index in [1.54, 1.807) is 4.90 Å². The maximum absolute atomic E-state index is 12.8. The Morgan fingerprint density at radius 3 is 2.44 bits per heavy atom. The number of amides is 2. The number of hydrogen-bond acceptors (Lipinski definition) is 4. The number of carbonyl (C=O) groups excluding carboxylic acids is 2. The molecule has 1 N–H and O–H groups in total. The second kappa shape index (κ2) is 10.5. The highest BCUT2D eigenvalue weighted by molar-refractivity contribution is 5.93. The zero-order valence-electron chi connectivity index (χ0n) is 17.8. The second-order valence-electron chi connectivity index (χ2n) is 7.53. The van der Waals surface area contributed by atoms with Crippen molar-refractivity contribution in [1.82, 2.24) is 9.80 Å². The van der Waals surface area contributed by atoms with Crippen molar-refractivity contribution in [2.45, 2.75) is 19.5 Å². The molecule has 3 rings (SSSR count). The first-order valence-corrected chi connectivity index (χ1v) is 10.4. The van der Waals surface area contributed by atoms with E-state index in [9.17, 15) is 22.8 Å². The molecule has 0 radical (unpaired) electrons. The summed E-state index contributed by atoms with van der Waals surface area (Å²) in [5, 5.41) is 2.94. The summed E-state index contributed by atoms with van der Waals surface area (Å²) in [4.78, 5) is 28.3. The van der Waals surface area contributed by atoms with Crippen molar-refractivity contribution < 1.29 is 27.5 Å². The molecule has 0 spiro atoms. The Morgan fingerprint density at radius 1 is 1.03 bits per heavy atom. The highest BCUT2D eigenvalue weighted by Gasteiger charge is 2.30. The first-order chi connectivity index (χ1) is 15.3. The Kier molecular flexibility index (Phi) is 7.74. The molecule has 0 bridgehead atoms. The minimum absolute atomic E-state index is 0.00385. The normalized spacial score (nSPS) is 14.8. The summed E-state index contributed by atoms with van der Waals surface area (Å²) < 4.78 is 43.6. The van der Waals surface area contributed by atoms with Crippen LogP contribution in [0, 0.1) is 0 Å². The van der Waals surface area contributed by atoms with Crippen molar-refractivity contribution in [3.05, 3.63) is 59.7 Å². The van der Waals surface area contributed by atoms with Gasteiger partial charge in [-0.15, -0.1) is 0 Å². The largest absolute Gasteiger partial charge is 0.484 e. The Balaban J connectivity index is 1.43. The highest BCUT2D eigenvalue weighted by atomic mass is 19.4. The fourth-order valence-corrected chi connectivity index (χ4v) is 3.50. The third-order valence-electron chi connectivity index (χ3n) is 5.29. The van der Waals surface area contributed by atoms with Gasteiger partial charge >= 0.3 is 6.18 Å². The zero-order chi connectivity index (χ0) is 23.1. The summed E-state index contributed by atoms with van der Waals surface area (Å²) in [5.41, 5.74) is 1.05. The molecule has 1 aliphatic rings. The molecule has 1 aliphatic heterocycles. The Morgan fingerprint density at radius 2 is 1.75 bits per heavy atom. The molecule has 2 aromatic rings. The van der Waals surface area contributed by atoms with Gasteiger partial charge in [-0.2, -0.15) is 13.2 Å². The smallest absolute Gasteiger partial charge is 0.416 e. The SMILES string of the molecule is CCc1ccccc1NC(=O)CN1CCN(C(=O)COc2cccc(C(F)(F)F)c2)CC1. The molecule has 6 nitrogen and oxygen atoms in total. The van der Waals surface area contributed by atoms with Crippen molar-refractivity contribution in [3.8, 4) is 5.75 Å². The number of piperazine rings is 1. The summed E-state index contributed by atoms with van der Waals surface area (Å²) in [6, 6.07) is 12.1. The van der Waals surface area contributed by atoms with Crippen LogP contribution in [0.3, 0.4) is 0 Å². The molecule has 0 aliphatic carbocycles. The summed E-state index contributed by atoms with van der Waals surface area (Å²) >= 11 is 0. The van der Waals surface area contributed by atoms with E-state index in [1.165, 1.54) is 12.1 Å². The van der Waals surface area contributed by atoms with Crippen LogP contribution in [0.5, 0.6) is 5.75 Å². The fourth-order valence-electron chi connectivity index (χ4n) is 3.50. The molecular weight excluding hydrogens is 423 g/mol. The van der Waals surface area contributed by atoms with E-state index >= 15 is 0 Å². The third kappa shape index (κ3) is 6.46. The van der Waals surface area contributed by atoms with Crippen LogP contribution in [-0.2, 0) is 22.2 Å². The number of para-hydroxylation sites is 1. The maximum atomic E-state index is 12.8. The molecular formula is C23H26F3N3O3. The Hall–Kier alpha value is -3.07. The van der Waals surface area contributed by atoms with Gasteiger partial charge in [0.25, 0.3) is 5.91 Å². The molecule has 1 heterocycles. The standard InChI is InChI=1S/C23H26F3N3O3/c1-2-17-6-3-4-9-20(17)27-21(30)15-28-10-12-29(13-11-28)22(31)16-32-19-8-5-7-18(14-19)23(24,25)26/h3-9,14H,2,10-13,15-16H2,1H3,(H,27,30). The Bertz CT molecular complexity index is 941. The molecule has 0 aromatic heterocycles. The summed E-state index contributed by atoms with van der Waals surface area (Å²) in [7, 11) is 0. The molecule has 0 saturated carbocycles. The van der Waals surface area contributed by atoms with Gasteiger partial charge in [-0.25, -0.2) is 0 Å². The number of alkyl halides is 3. The molecule has 2 amide bonds. The van der Waals surface area contributed by atoms with E-state index in [2.05, 4.69) is 5.32 Å². The first-order valence-electron chi connectivity index (χ1n) is 10.4. The van der Waals surface area contributed by atoms with Gasteiger partial charge in [0, 0.05) is 31.9 Å². The zero-order valence-corrected chi connectivity index (χ0v) is 17.8. The van der Waals surface area contributed by atoms with E-state index in [1.807, 2.05) is 36.1 Å². The lowest BCUT2D eigenvalue weighted by molar-refractivity contribution is -0.137. The third-order valence-corrected chi connectivity index (χ3v) is 5.29. The predicted octanol–water partition coefficient (Wildman–Crippen LogP) is 3.43.